The zero-order valence-corrected chi connectivity index (χ0v) is 11.1. The van der Waals surface area contributed by atoms with Crippen LogP contribution >= 0.6 is 12.4 Å². The van der Waals surface area contributed by atoms with Crippen LogP contribution in [0.1, 0.15) is 43.4 Å². The normalized spacial score (nSPS) is 19.2. The van der Waals surface area contributed by atoms with Gasteiger partial charge in [-0.15, -0.1) is 12.4 Å². The molecule has 3 N–H and O–H groups in total. The number of rotatable bonds is 2. The van der Waals surface area contributed by atoms with E-state index in [4.69, 9.17) is 5.73 Å². The molecule has 1 aliphatic rings. The summed E-state index contributed by atoms with van der Waals surface area (Å²) in [6.07, 6.45) is 1.02. The van der Waals surface area contributed by atoms with Crippen molar-refractivity contribution in [3.05, 3.63) is 35.4 Å². The van der Waals surface area contributed by atoms with Crippen LogP contribution in [-0.2, 0) is 0 Å². The fraction of sp³-hybridized carbons (Fsp3) is 0.462. The lowest BCUT2D eigenvalue weighted by Crippen LogP contribution is -2.38. The highest BCUT2D eigenvalue weighted by Gasteiger charge is 2.15. The fourth-order valence-electron chi connectivity index (χ4n) is 1.97. The van der Waals surface area contributed by atoms with Gasteiger partial charge in [-0.25, -0.2) is 0 Å². The molecule has 3 nitrogen and oxygen atoms in total. The Bertz CT molecular complexity index is 384. The predicted octanol–water partition coefficient (Wildman–Crippen LogP) is 2.58. The SMILES string of the molecule is CC(C)c1ccc(C2CCN=C(N)N2)cc1.Cl. The summed E-state index contributed by atoms with van der Waals surface area (Å²) in [5.41, 5.74) is 8.35. The molecule has 1 unspecified atom stereocenters. The molecule has 1 atom stereocenters. The van der Waals surface area contributed by atoms with E-state index in [2.05, 4.69) is 48.4 Å². The summed E-state index contributed by atoms with van der Waals surface area (Å²) >= 11 is 0. The highest BCUT2D eigenvalue weighted by atomic mass is 35.5. The standard InChI is InChI=1S/C13H19N3.ClH/c1-9(2)10-3-5-11(6-4-10)12-7-8-15-13(14)16-12;/h3-6,9,12H,7-8H2,1-2H3,(H3,14,15,16);1H. The summed E-state index contributed by atoms with van der Waals surface area (Å²) in [5, 5.41) is 3.21. The first-order valence-corrected chi connectivity index (χ1v) is 5.83. The minimum absolute atomic E-state index is 0. The van der Waals surface area contributed by atoms with Gasteiger partial charge in [-0.05, 0) is 23.5 Å². The van der Waals surface area contributed by atoms with E-state index in [1.54, 1.807) is 0 Å². The third-order valence-corrected chi connectivity index (χ3v) is 3.03. The Kier molecular flexibility index (Phi) is 4.82. The minimum atomic E-state index is 0. The van der Waals surface area contributed by atoms with Gasteiger partial charge >= 0.3 is 0 Å². The molecular formula is C13H20ClN3. The summed E-state index contributed by atoms with van der Waals surface area (Å²) < 4.78 is 0. The maximum atomic E-state index is 5.68. The van der Waals surface area contributed by atoms with Crippen molar-refractivity contribution in [2.75, 3.05) is 6.54 Å². The molecule has 0 bridgehead atoms. The molecular weight excluding hydrogens is 234 g/mol. The molecule has 0 saturated carbocycles. The van der Waals surface area contributed by atoms with Crippen molar-refractivity contribution in [2.24, 2.45) is 10.7 Å². The van der Waals surface area contributed by atoms with Crippen molar-refractivity contribution >= 4 is 18.4 Å². The second-order valence-corrected chi connectivity index (χ2v) is 4.57. The topological polar surface area (TPSA) is 50.4 Å². The first-order valence-electron chi connectivity index (χ1n) is 5.83. The van der Waals surface area contributed by atoms with E-state index in [1.807, 2.05) is 0 Å². The molecule has 1 heterocycles. The Balaban J connectivity index is 0.00000144. The second-order valence-electron chi connectivity index (χ2n) is 4.57. The largest absolute Gasteiger partial charge is 0.370 e. The van der Waals surface area contributed by atoms with Crippen LogP contribution in [0, 0.1) is 0 Å². The molecule has 1 aromatic carbocycles. The number of benzene rings is 1. The van der Waals surface area contributed by atoms with Crippen LogP contribution in [0.25, 0.3) is 0 Å². The lowest BCUT2D eigenvalue weighted by atomic mass is 9.97. The smallest absolute Gasteiger partial charge is 0.189 e. The average Bonchev–Trinajstić information content (AvgIpc) is 2.29. The van der Waals surface area contributed by atoms with Gasteiger partial charge in [0, 0.05) is 6.54 Å². The zero-order valence-electron chi connectivity index (χ0n) is 10.3. The number of nitrogens with zero attached hydrogens (tertiary/aromatic N) is 1. The average molecular weight is 254 g/mol. The molecule has 0 radical (unpaired) electrons. The molecule has 0 amide bonds. The number of hydrogen-bond donors (Lipinski definition) is 2. The summed E-state index contributed by atoms with van der Waals surface area (Å²) in [5.74, 6) is 1.14. The van der Waals surface area contributed by atoms with Crippen molar-refractivity contribution in [3.63, 3.8) is 0 Å². The van der Waals surface area contributed by atoms with E-state index >= 15 is 0 Å². The van der Waals surface area contributed by atoms with E-state index in [1.165, 1.54) is 11.1 Å². The molecule has 1 aliphatic heterocycles. The van der Waals surface area contributed by atoms with Gasteiger partial charge in [-0.3, -0.25) is 4.99 Å². The van der Waals surface area contributed by atoms with Crippen molar-refractivity contribution < 1.29 is 0 Å². The molecule has 0 spiro atoms. The molecule has 0 aromatic heterocycles. The number of guanidine groups is 1. The van der Waals surface area contributed by atoms with E-state index in [0.717, 1.165) is 13.0 Å². The number of halogens is 1. The highest BCUT2D eigenvalue weighted by Crippen LogP contribution is 2.21. The Labute approximate surface area is 109 Å². The van der Waals surface area contributed by atoms with Crippen molar-refractivity contribution in [1.82, 2.24) is 5.32 Å². The van der Waals surface area contributed by atoms with Gasteiger partial charge in [0.05, 0.1) is 6.04 Å². The first kappa shape index (κ1) is 13.8. The van der Waals surface area contributed by atoms with Crippen molar-refractivity contribution in [3.8, 4) is 0 Å². The Hall–Kier alpha value is -1.22. The quantitative estimate of drug-likeness (QED) is 0.851. The van der Waals surface area contributed by atoms with Gasteiger partial charge < -0.3 is 11.1 Å². The molecule has 94 valence electrons. The number of hydrogen-bond acceptors (Lipinski definition) is 3. The van der Waals surface area contributed by atoms with E-state index in [0.29, 0.717) is 17.9 Å². The van der Waals surface area contributed by atoms with Crippen LogP contribution < -0.4 is 11.1 Å². The van der Waals surface area contributed by atoms with E-state index in [9.17, 15) is 0 Å². The molecule has 1 aromatic rings. The maximum Gasteiger partial charge on any atom is 0.189 e. The molecule has 0 fully saturated rings. The highest BCUT2D eigenvalue weighted by molar-refractivity contribution is 5.85. The monoisotopic (exact) mass is 253 g/mol. The Morgan fingerprint density at radius 3 is 2.47 bits per heavy atom. The lowest BCUT2D eigenvalue weighted by molar-refractivity contribution is 0.568. The number of nitrogens with one attached hydrogen (secondary N) is 1. The minimum Gasteiger partial charge on any atom is -0.370 e. The van der Waals surface area contributed by atoms with E-state index in [-0.39, 0.29) is 12.4 Å². The van der Waals surface area contributed by atoms with Crippen molar-refractivity contribution in [2.45, 2.75) is 32.2 Å². The molecule has 17 heavy (non-hydrogen) atoms. The van der Waals surface area contributed by atoms with Gasteiger partial charge in [-0.2, -0.15) is 0 Å². The number of nitrogens with two attached hydrogens (primary N) is 1. The van der Waals surface area contributed by atoms with Gasteiger partial charge in [0.15, 0.2) is 5.96 Å². The van der Waals surface area contributed by atoms with E-state index < -0.39 is 0 Å². The third-order valence-electron chi connectivity index (χ3n) is 3.03. The summed E-state index contributed by atoms with van der Waals surface area (Å²) in [4.78, 5) is 4.13. The summed E-state index contributed by atoms with van der Waals surface area (Å²) in [7, 11) is 0. The Morgan fingerprint density at radius 1 is 1.29 bits per heavy atom. The van der Waals surface area contributed by atoms with Gasteiger partial charge in [0.1, 0.15) is 0 Å². The maximum absolute atomic E-state index is 5.68. The van der Waals surface area contributed by atoms with Gasteiger partial charge in [0.2, 0.25) is 0 Å². The van der Waals surface area contributed by atoms with Crippen LogP contribution in [0.2, 0.25) is 0 Å². The predicted molar refractivity (Wildman–Crippen MR) is 74.8 cm³/mol. The van der Waals surface area contributed by atoms with Gasteiger partial charge in [-0.1, -0.05) is 38.1 Å². The van der Waals surface area contributed by atoms with Crippen molar-refractivity contribution in [1.29, 1.82) is 0 Å². The fourth-order valence-corrected chi connectivity index (χ4v) is 1.97. The Morgan fingerprint density at radius 2 is 1.94 bits per heavy atom. The first-order chi connectivity index (χ1) is 7.66. The zero-order chi connectivity index (χ0) is 11.5. The van der Waals surface area contributed by atoms with Crippen LogP contribution in [0.15, 0.2) is 29.3 Å². The molecule has 0 aliphatic carbocycles. The number of aliphatic imine (C=N–C) groups is 1. The van der Waals surface area contributed by atoms with Crippen LogP contribution in [0.5, 0.6) is 0 Å². The van der Waals surface area contributed by atoms with Crippen LogP contribution in [0.3, 0.4) is 0 Å². The molecule has 4 heteroatoms. The molecule has 2 rings (SSSR count). The lowest BCUT2D eigenvalue weighted by Gasteiger charge is -2.23. The third kappa shape index (κ3) is 3.37. The van der Waals surface area contributed by atoms with Crippen LogP contribution in [-0.4, -0.2) is 12.5 Å². The summed E-state index contributed by atoms with van der Waals surface area (Å²) in [6, 6.07) is 9.09. The van der Waals surface area contributed by atoms with Crippen LogP contribution in [0.4, 0.5) is 0 Å². The second kappa shape index (κ2) is 5.92. The van der Waals surface area contributed by atoms with Gasteiger partial charge in [0.25, 0.3) is 0 Å². The summed E-state index contributed by atoms with van der Waals surface area (Å²) in [6.45, 7) is 5.23. The molecule has 0 saturated heterocycles.